The average molecular weight is 357 g/mol. The van der Waals surface area contributed by atoms with Gasteiger partial charge in [0, 0.05) is 30.7 Å². The number of aromatic carboxylic acids is 1. The molecule has 2 atom stereocenters. The summed E-state index contributed by atoms with van der Waals surface area (Å²) in [6, 6.07) is 2.02. The maximum Gasteiger partial charge on any atom is 0.339 e. The predicted octanol–water partition coefficient (Wildman–Crippen LogP) is 2.40. The third-order valence-electron chi connectivity index (χ3n) is 6.09. The van der Waals surface area contributed by atoms with Crippen LogP contribution in [-0.2, 0) is 17.6 Å². The van der Waals surface area contributed by atoms with E-state index in [9.17, 15) is 14.7 Å². The van der Waals surface area contributed by atoms with Crippen molar-refractivity contribution in [3.8, 4) is 0 Å². The molecule has 0 radical (unpaired) electrons. The summed E-state index contributed by atoms with van der Waals surface area (Å²) in [5, 5.41) is 12.9. The van der Waals surface area contributed by atoms with E-state index >= 15 is 0 Å². The van der Waals surface area contributed by atoms with E-state index < -0.39 is 5.97 Å². The molecule has 26 heavy (non-hydrogen) atoms. The highest BCUT2D eigenvalue weighted by Crippen LogP contribution is 2.33. The van der Waals surface area contributed by atoms with Crippen molar-refractivity contribution in [3.63, 3.8) is 0 Å². The summed E-state index contributed by atoms with van der Waals surface area (Å²) in [5.74, 6) is 0.456. The minimum absolute atomic E-state index is 0.187. The van der Waals surface area contributed by atoms with Crippen LogP contribution in [0, 0.1) is 11.8 Å². The Kier molecular flexibility index (Phi) is 4.59. The van der Waals surface area contributed by atoms with Crippen molar-refractivity contribution < 1.29 is 14.7 Å². The fourth-order valence-corrected chi connectivity index (χ4v) is 4.33. The number of carbonyl (C=O) groups excluding carboxylic acids is 1. The lowest BCUT2D eigenvalue weighted by molar-refractivity contribution is -0.123. The van der Waals surface area contributed by atoms with E-state index in [1.165, 1.54) is 0 Å². The Morgan fingerprint density at radius 2 is 2.12 bits per heavy atom. The molecule has 6 nitrogen and oxygen atoms in total. The molecule has 2 fully saturated rings. The van der Waals surface area contributed by atoms with E-state index in [1.54, 1.807) is 0 Å². The molecule has 6 heteroatoms. The number of pyridine rings is 1. The Labute approximate surface area is 154 Å². The number of fused-ring (bicyclic) bond motifs is 1. The van der Waals surface area contributed by atoms with E-state index in [0.717, 1.165) is 69.3 Å². The molecule has 0 unspecified atom stereocenters. The molecule has 1 saturated carbocycles. The second-order valence-electron chi connectivity index (χ2n) is 7.92. The van der Waals surface area contributed by atoms with E-state index in [-0.39, 0.29) is 17.9 Å². The molecule has 1 aliphatic heterocycles. The smallest absolute Gasteiger partial charge is 0.339 e. The number of anilines is 1. The van der Waals surface area contributed by atoms with Crippen LogP contribution in [0.4, 0.5) is 5.82 Å². The molecule has 1 saturated heterocycles. The average Bonchev–Trinajstić information content (AvgIpc) is 3.39. The number of aryl methyl sites for hydroxylation is 2. The first-order chi connectivity index (χ1) is 12.6. The zero-order valence-electron chi connectivity index (χ0n) is 15.3. The third kappa shape index (κ3) is 3.29. The van der Waals surface area contributed by atoms with Gasteiger partial charge in [-0.3, -0.25) is 4.79 Å². The lowest BCUT2D eigenvalue weighted by atomic mass is 9.89. The van der Waals surface area contributed by atoms with Gasteiger partial charge in [-0.15, -0.1) is 0 Å². The number of carboxylic acids is 1. The summed E-state index contributed by atoms with van der Waals surface area (Å²) >= 11 is 0. The number of carboxylic acid groups (broad SMARTS) is 1. The first-order valence-electron chi connectivity index (χ1n) is 9.88. The highest BCUT2D eigenvalue weighted by Gasteiger charge is 2.36. The first-order valence-corrected chi connectivity index (χ1v) is 9.88. The SMILES string of the molecule is CC[C@@H]1CN(c2nc3c(cc2C(=O)O)CCC3)CC[C@@H]1NC(=O)C1CC1. The van der Waals surface area contributed by atoms with Crippen LogP contribution in [-0.4, -0.2) is 41.1 Å². The summed E-state index contributed by atoms with van der Waals surface area (Å²) in [5.41, 5.74) is 2.47. The van der Waals surface area contributed by atoms with Crippen LogP contribution >= 0.6 is 0 Å². The Bertz CT molecular complexity index is 729. The van der Waals surface area contributed by atoms with Gasteiger partial charge in [-0.2, -0.15) is 0 Å². The Morgan fingerprint density at radius 1 is 1.31 bits per heavy atom. The fourth-order valence-electron chi connectivity index (χ4n) is 4.33. The first kappa shape index (κ1) is 17.3. The largest absolute Gasteiger partial charge is 0.478 e. The molecule has 1 aromatic heterocycles. The fraction of sp³-hybridized carbons (Fsp3) is 0.650. The van der Waals surface area contributed by atoms with Gasteiger partial charge in [-0.1, -0.05) is 6.92 Å². The van der Waals surface area contributed by atoms with Gasteiger partial charge in [0.15, 0.2) is 0 Å². The summed E-state index contributed by atoms with van der Waals surface area (Å²) in [7, 11) is 0. The molecular weight excluding hydrogens is 330 g/mol. The van der Waals surface area contributed by atoms with Gasteiger partial charge < -0.3 is 15.3 Å². The second kappa shape index (κ2) is 6.89. The number of nitrogens with one attached hydrogen (secondary N) is 1. The minimum Gasteiger partial charge on any atom is -0.478 e. The number of hydrogen-bond acceptors (Lipinski definition) is 4. The highest BCUT2D eigenvalue weighted by molar-refractivity contribution is 5.93. The van der Waals surface area contributed by atoms with Crippen molar-refractivity contribution >= 4 is 17.7 Å². The van der Waals surface area contributed by atoms with Crippen LogP contribution in [0.15, 0.2) is 6.07 Å². The molecule has 1 amide bonds. The van der Waals surface area contributed by atoms with Gasteiger partial charge >= 0.3 is 5.97 Å². The number of hydrogen-bond donors (Lipinski definition) is 2. The summed E-state index contributed by atoms with van der Waals surface area (Å²) in [6.45, 7) is 3.62. The lowest BCUT2D eigenvalue weighted by Gasteiger charge is -2.39. The molecule has 2 aliphatic carbocycles. The van der Waals surface area contributed by atoms with E-state index in [1.807, 2.05) is 6.07 Å². The molecule has 1 aromatic rings. The van der Waals surface area contributed by atoms with Crippen molar-refractivity contribution in [1.29, 1.82) is 0 Å². The number of aromatic nitrogens is 1. The standard InChI is InChI=1S/C20H27N3O3/c1-2-12-11-23(9-8-17(12)22-19(24)13-6-7-13)18-15(20(25)26)10-14-4-3-5-16(14)21-18/h10,12-13,17H,2-9,11H2,1H3,(H,22,24)(H,25,26)/t12-,17+/m1/s1. The summed E-state index contributed by atoms with van der Waals surface area (Å²) < 4.78 is 0. The predicted molar refractivity (Wildman–Crippen MR) is 98.5 cm³/mol. The lowest BCUT2D eigenvalue weighted by Crippen LogP contribution is -2.51. The number of amides is 1. The summed E-state index contributed by atoms with van der Waals surface area (Å²) in [4.78, 5) is 30.8. The Balaban J connectivity index is 1.54. The van der Waals surface area contributed by atoms with Crippen LogP contribution in [0.2, 0.25) is 0 Å². The zero-order chi connectivity index (χ0) is 18.3. The molecule has 2 N–H and O–H groups in total. The van der Waals surface area contributed by atoms with Crippen molar-refractivity contribution in [2.24, 2.45) is 11.8 Å². The van der Waals surface area contributed by atoms with Gasteiger partial charge in [-0.05, 0) is 62.5 Å². The third-order valence-corrected chi connectivity index (χ3v) is 6.09. The Hall–Kier alpha value is -2.11. The van der Waals surface area contributed by atoms with Crippen molar-refractivity contribution in [3.05, 3.63) is 22.9 Å². The second-order valence-corrected chi connectivity index (χ2v) is 7.92. The van der Waals surface area contributed by atoms with E-state index in [0.29, 0.717) is 17.3 Å². The van der Waals surface area contributed by atoms with Crippen LogP contribution < -0.4 is 10.2 Å². The Morgan fingerprint density at radius 3 is 2.81 bits per heavy atom. The van der Waals surface area contributed by atoms with Gasteiger partial charge in [0.25, 0.3) is 0 Å². The van der Waals surface area contributed by atoms with Gasteiger partial charge in [0.1, 0.15) is 11.4 Å². The normalized spacial score (nSPS) is 25.0. The molecule has 0 bridgehead atoms. The molecule has 140 valence electrons. The zero-order valence-corrected chi connectivity index (χ0v) is 15.3. The van der Waals surface area contributed by atoms with Crippen molar-refractivity contribution in [1.82, 2.24) is 10.3 Å². The van der Waals surface area contributed by atoms with Crippen molar-refractivity contribution in [2.45, 2.75) is 57.9 Å². The molecule has 0 aromatic carbocycles. The highest BCUT2D eigenvalue weighted by atomic mass is 16.4. The van der Waals surface area contributed by atoms with Crippen molar-refractivity contribution in [2.75, 3.05) is 18.0 Å². The number of rotatable bonds is 5. The monoisotopic (exact) mass is 357 g/mol. The van der Waals surface area contributed by atoms with Crippen LogP contribution in [0.5, 0.6) is 0 Å². The van der Waals surface area contributed by atoms with E-state index in [2.05, 4.69) is 17.1 Å². The maximum absolute atomic E-state index is 12.1. The van der Waals surface area contributed by atoms with Gasteiger partial charge in [-0.25, -0.2) is 9.78 Å². The number of nitrogens with zero attached hydrogens (tertiary/aromatic N) is 2. The van der Waals surface area contributed by atoms with E-state index in [4.69, 9.17) is 4.98 Å². The van der Waals surface area contributed by atoms with Crippen LogP contribution in [0.3, 0.4) is 0 Å². The quantitative estimate of drug-likeness (QED) is 0.845. The molecular formula is C20H27N3O3. The number of carbonyl (C=O) groups is 2. The molecule has 0 spiro atoms. The van der Waals surface area contributed by atoms with Crippen LogP contribution in [0.1, 0.15) is 60.6 Å². The molecule has 2 heterocycles. The topological polar surface area (TPSA) is 82.5 Å². The molecule has 4 rings (SSSR count). The van der Waals surface area contributed by atoms with Crippen LogP contribution in [0.25, 0.3) is 0 Å². The molecule has 3 aliphatic rings. The maximum atomic E-state index is 12.1. The number of piperidine rings is 1. The van der Waals surface area contributed by atoms with Gasteiger partial charge in [0.2, 0.25) is 5.91 Å². The van der Waals surface area contributed by atoms with Gasteiger partial charge in [0.05, 0.1) is 0 Å². The summed E-state index contributed by atoms with van der Waals surface area (Å²) in [6.07, 6.45) is 6.75. The minimum atomic E-state index is -0.903.